The second kappa shape index (κ2) is 7.75. The summed E-state index contributed by atoms with van der Waals surface area (Å²) in [5, 5.41) is 3.68. The zero-order valence-electron chi connectivity index (χ0n) is 13.5. The second-order valence-electron chi connectivity index (χ2n) is 5.87. The number of amides is 1. The van der Waals surface area contributed by atoms with E-state index in [2.05, 4.69) is 15.2 Å². The van der Waals surface area contributed by atoms with Crippen LogP contribution in [-0.2, 0) is 9.53 Å². The number of ether oxygens (including phenoxy) is 1. The fraction of sp³-hybridized carbons (Fsp3) is 0.333. The number of rotatable bonds is 4. The van der Waals surface area contributed by atoms with Gasteiger partial charge in [-0.15, -0.1) is 0 Å². The first-order valence-corrected chi connectivity index (χ1v) is 8.28. The standard InChI is InChI=1S/C18H20ClN3O2/c1-22-9-10-24-16(12-22)18(23)21-17(15-7-2-3-8-20-15)13-5-4-6-14(19)11-13/h2-8,11,16-17H,9-10,12H2,1H3,(H,21,23). The van der Waals surface area contributed by atoms with E-state index in [-0.39, 0.29) is 11.9 Å². The minimum Gasteiger partial charge on any atom is -0.366 e. The first-order chi connectivity index (χ1) is 11.6. The molecule has 0 saturated carbocycles. The molecule has 2 aromatic rings. The largest absolute Gasteiger partial charge is 0.366 e. The Morgan fingerprint density at radius 1 is 1.38 bits per heavy atom. The molecule has 126 valence electrons. The highest BCUT2D eigenvalue weighted by atomic mass is 35.5. The van der Waals surface area contributed by atoms with Crippen molar-refractivity contribution < 1.29 is 9.53 Å². The van der Waals surface area contributed by atoms with Crippen LogP contribution in [0, 0.1) is 0 Å². The van der Waals surface area contributed by atoms with Crippen LogP contribution in [0.5, 0.6) is 0 Å². The van der Waals surface area contributed by atoms with Crippen molar-refractivity contribution in [1.29, 1.82) is 0 Å². The molecule has 3 rings (SSSR count). The summed E-state index contributed by atoms with van der Waals surface area (Å²) in [6.07, 6.45) is 1.23. The van der Waals surface area contributed by atoms with Crippen LogP contribution >= 0.6 is 11.6 Å². The second-order valence-corrected chi connectivity index (χ2v) is 6.31. The van der Waals surface area contributed by atoms with Crippen LogP contribution in [0.3, 0.4) is 0 Å². The summed E-state index contributed by atoms with van der Waals surface area (Å²) < 4.78 is 5.61. The number of morpholine rings is 1. The van der Waals surface area contributed by atoms with Crippen LogP contribution < -0.4 is 5.32 Å². The molecule has 1 amide bonds. The number of nitrogens with one attached hydrogen (secondary N) is 1. The van der Waals surface area contributed by atoms with Crippen LogP contribution in [0.2, 0.25) is 5.02 Å². The van der Waals surface area contributed by atoms with Gasteiger partial charge in [0.05, 0.1) is 18.3 Å². The molecule has 1 fully saturated rings. The lowest BCUT2D eigenvalue weighted by Gasteiger charge is -2.30. The van der Waals surface area contributed by atoms with Crippen LogP contribution in [-0.4, -0.2) is 48.6 Å². The summed E-state index contributed by atoms with van der Waals surface area (Å²) in [7, 11) is 1.98. The zero-order valence-corrected chi connectivity index (χ0v) is 14.2. The molecule has 1 aliphatic heterocycles. The number of halogens is 1. The van der Waals surface area contributed by atoms with Gasteiger partial charge in [0.2, 0.25) is 0 Å². The molecule has 1 aromatic heterocycles. The Balaban J connectivity index is 1.84. The molecule has 2 unspecified atom stereocenters. The molecule has 1 N–H and O–H groups in total. The summed E-state index contributed by atoms with van der Waals surface area (Å²) in [5.74, 6) is -0.142. The van der Waals surface area contributed by atoms with Crippen molar-refractivity contribution in [2.24, 2.45) is 0 Å². The normalized spacial score (nSPS) is 19.7. The third-order valence-corrected chi connectivity index (χ3v) is 4.25. The quantitative estimate of drug-likeness (QED) is 0.923. The van der Waals surface area contributed by atoms with Gasteiger partial charge in [0.1, 0.15) is 6.10 Å². The van der Waals surface area contributed by atoms with E-state index >= 15 is 0 Å². The lowest BCUT2D eigenvalue weighted by molar-refractivity contribution is -0.138. The number of pyridine rings is 1. The van der Waals surface area contributed by atoms with Crippen molar-refractivity contribution in [3.8, 4) is 0 Å². The highest BCUT2D eigenvalue weighted by Crippen LogP contribution is 2.23. The fourth-order valence-corrected chi connectivity index (χ4v) is 2.93. The van der Waals surface area contributed by atoms with Crippen molar-refractivity contribution in [3.63, 3.8) is 0 Å². The number of nitrogens with zero attached hydrogens (tertiary/aromatic N) is 2. The highest BCUT2D eigenvalue weighted by molar-refractivity contribution is 6.30. The molecule has 1 aliphatic rings. The monoisotopic (exact) mass is 345 g/mol. The molecule has 0 aliphatic carbocycles. The zero-order chi connectivity index (χ0) is 16.9. The molecule has 1 saturated heterocycles. The molecule has 6 heteroatoms. The number of likely N-dealkylation sites (N-methyl/N-ethyl adjacent to an activating group) is 1. The van der Waals surface area contributed by atoms with E-state index in [1.807, 2.05) is 49.5 Å². The summed E-state index contributed by atoms with van der Waals surface area (Å²) in [6, 6.07) is 12.7. The number of aromatic nitrogens is 1. The van der Waals surface area contributed by atoms with Crippen molar-refractivity contribution in [2.75, 3.05) is 26.7 Å². The van der Waals surface area contributed by atoms with Crippen LogP contribution in [0.15, 0.2) is 48.7 Å². The fourth-order valence-electron chi connectivity index (χ4n) is 2.73. The van der Waals surface area contributed by atoms with Gasteiger partial charge in [-0.2, -0.15) is 0 Å². The Bertz CT molecular complexity index is 696. The van der Waals surface area contributed by atoms with Gasteiger partial charge in [-0.1, -0.05) is 29.8 Å². The minimum absolute atomic E-state index is 0.142. The maximum absolute atomic E-state index is 12.7. The Morgan fingerprint density at radius 2 is 2.25 bits per heavy atom. The van der Waals surface area contributed by atoms with E-state index in [4.69, 9.17) is 16.3 Å². The number of carbonyl (C=O) groups is 1. The molecule has 1 aromatic carbocycles. The van der Waals surface area contributed by atoms with Crippen LogP contribution in [0.1, 0.15) is 17.3 Å². The van der Waals surface area contributed by atoms with Crippen LogP contribution in [0.4, 0.5) is 0 Å². The molecule has 2 heterocycles. The SMILES string of the molecule is CN1CCOC(C(=O)NC(c2cccc(Cl)c2)c2ccccn2)C1. The summed E-state index contributed by atoms with van der Waals surface area (Å²) >= 11 is 6.12. The first kappa shape index (κ1) is 16.9. The summed E-state index contributed by atoms with van der Waals surface area (Å²) in [6.45, 7) is 1.97. The van der Waals surface area contributed by atoms with Gasteiger partial charge in [-0.25, -0.2) is 0 Å². The molecule has 0 bridgehead atoms. The van der Waals surface area contributed by atoms with Gasteiger partial charge in [0.15, 0.2) is 0 Å². The number of benzene rings is 1. The van der Waals surface area contributed by atoms with E-state index in [1.165, 1.54) is 0 Å². The molecule has 24 heavy (non-hydrogen) atoms. The van der Waals surface area contributed by atoms with Gasteiger partial charge < -0.3 is 15.0 Å². The van der Waals surface area contributed by atoms with E-state index in [1.54, 1.807) is 6.20 Å². The van der Waals surface area contributed by atoms with Gasteiger partial charge in [0, 0.05) is 24.3 Å². The number of hydrogen-bond acceptors (Lipinski definition) is 4. The molecular weight excluding hydrogens is 326 g/mol. The van der Waals surface area contributed by atoms with Crippen molar-refractivity contribution in [1.82, 2.24) is 15.2 Å². The molecular formula is C18H20ClN3O2. The Kier molecular flexibility index (Phi) is 5.45. The third-order valence-electron chi connectivity index (χ3n) is 4.01. The van der Waals surface area contributed by atoms with Gasteiger partial charge in [-0.3, -0.25) is 9.78 Å². The average molecular weight is 346 g/mol. The topological polar surface area (TPSA) is 54.5 Å². The first-order valence-electron chi connectivity index (χ1n) is 7.90. The Hall–Kier alpha value is -1.95. The summed E-state index contributed by atoms with van der Waals surface area (Å²) in [5.41, 5.74) is 1.65. The lowest BCUT2D eigenvalue weighted by Crippen LogP contribution is -2.49. The van der Waals surface area contributed by atoms with Crippen molar-refractivity contribution >= 4 is 17.5 Å². The number of hydrogen-bond donors (Lipinski definition) is 1. The van der Waals surface area contributed by atoms with Gasteiger partial charge in [0.25, 0.3) is 5.91 Å². The van der Waals surface area contributed by atoms with Gasteiger partial charge in [-0.05, 0) is 36.9 Å². The van der Waals surface area contributed by atoms with E-state index in [0.29, 0.717) is 18.2 Å². The average Bonchev–Trinajstić information content (AvgIpc) is 2.60. The number of carbonyl (C=O) groups excluding carboxylic acids is 1. The van der Waals surface area contributed by atoms with Gasteiger partial charge >= 0.3 is 0 Å². The van der Waals surface area contributed by atoms with Crippen molar-refractivity contribution in [2.45, 2.75) is 12.1 Å². The van der Waals surface area contributed by atoms with E-state index < -0.39 is 6.10 Å². The smallest absolute Gasteiger partial charge is 0.251 e. The predicted molar refractivity (Wildman–Crippen MR) is 92.9 cm³/mol. The summed E-state index contributed by atoms with van der Waals surface area (Å²) in [4.78, 5) is 19.1. The maximum atomic E-state index is 12.7. The highest BCUT2D eigenvalue weighted by Gasteiger charge is 2.28. The van der Waals surface area contributed by atoms with E-state index in [0.717, 1.165) is 17.8 Å². The molecule has 0 radical (unpaired) electrons. The van der Waals surface area contributed by atoms with Crippen LogP contribution in [0.25, 0.3) is 0 Å². The Labute approximate surface area is 146 Å². The lowest BCUT2D eigenvalue weighted by atomic mass is 10.0. The Morgan fingerprint density at radius 3 is 2.96 bits per heavy atom. The molecule has 0 spiro atoms. The van der Waals surface area contributed by atoms with Crippen molar-refractivity contribution in [3.05, 3.63) is 64.9 Å². The van der Waals surface area contributed by atoms with E-state index in [9.17, 15) is 4.79 Å². The predicted octanol–water partition coefficient (Wildman–Crippen LogP) is 2.27. The molecule has 2 atom stereocenters. The third kappa shape index (κ3) is 4.12. The minimum atomic E-state index is -0.478. The maximum Gasteiger partial charge on any atom is 0.251 e. The molecule has 5 nitrogen and oxygen atoms in total.